The van der Waals surface area contributed by atoms with Gasteiger partial charge in [0.1, 0.15) is 0 Å². The summed E-state index contributed by atoms with van der Waals surface area (Å²) in [6, 6.07) is 2.55. The number of rotatable bonds is 4. The van der Waals surface area contributed by atoms with Crippen molar-refractivity contribution in [3.63, 3.8) is 0 Å². The van der Waals surface area contributed by atoms with Gasteiger partial charge in [0.15, 0.2) is 0 Å². The number of piperidine rings is 1. The minimum Gasteiger partial charge on any atom is -0.378 e. The highest BCUT2D eigenvalue weighted by Gasteiger charge is 2.36. The fraction of sp³-hybridized carbons (Fsp3) is 0.950. The molecule has 0 aromatic carbocycles. The van der Waals surface area contributed by atoms with Crippen LogP contribution in [0.2, 0.25) is 0 Å². The fourth-order valence-electron chi connectivity index (χ4n) is 8.98. The summed E-state index contributed by atoms with van der Waals surface area (Å²) in [5.41, 5.74) is 1.07. The molecule has 0 aromatic rings. The van der Waals surface area contributed by atoms with E-state index in [1.807, 2.05) is 0 Å². The predicted molar refractivity (Wildman–Crippen MR) is 222 cm³/mol. The van der Waals surface area contributed by atoms with Crippen molar-refractivity contribution in [3.05, 3.63) is 0 Å². The summed E-state index contributed by atoms with van der Waals surface area (Å²) in [5.74, 6) is 13.0. The van der Waals surface area contributed by atoms with Crippen molar-refractivity contribution in [2.75, 3.05) is 62.4 Å². The van der Waals surface area contributed by atoms with E-state index < -0.39 is 9.52 Å². The van der Waals surface area contributed by atoms with Gasteiger partial charge in [-0.3, -0.25) is 23.8 Å². The van der Waals surface area contributed by atoms with Crippen LogP contribution in [0, 0.1) is 5.92 Å². The van der Waals surface area contributed by atoms with E-state index in [0.29, 0.717) is 45.7 Å². The molecule has 0 aliphatic carbocycles. The lowest BCUT2D eigenvalue weighted by molar-refractivity contribution is -0.0654. The predicted octanol–water partition coefficient (Wildman–Crippen LogP) is 7.81. The van der Waals surface area contributed by atoms with Gasteiger partial charge >= 0.3 is 0 Å². The molecule has 4 fully saturated rings. The zero-order valence-electron chi connectivity index (χ0n) is 35.2. The number of ether oxygens (including phenoxy) is 1. The molecule has 4 rings (SSSR count). The maximum Gasteiger partial charge on any atom is 0.0645 e. The Kier molecular flexibility index (Phi) is 17.9. The first kappa shape index (κ1) is 46.1. The molecule has 4 heterocycles. The van der Waals surface area contributed by atoms with E-state index in [1.54, 1.807) is 0 Å². The summed E-state index contributed by atoms with van der Waals surface area (Å²) < 4.78 is 17.3. The van der Waals surface area contributed by atoms with Gasteiger partial charge in [0, 0.05) is 89.0 Å². The Bertz CT molecular complexity index is 1080. The molecule has 0 N–H and O–H groups in total. The van der Waals surface area contributed by atoms with Crippen LogP contribution >= 0.6 is 10.5 Å². The van der Waals surface area contributed by atoms with Gasteiger partial charge in [0.2, 0.25) is 0 Å². The van der Waals surface area contributed by atoms with Crippen LogP contribution in [0.25, 0.3) is 0 Å². The van der Waals surface area contributed by atoms with Crippen LogP contribution in [0.1, 0.15) is 131 Å². The average molecular weight is 717 g/mol. The molecule has 0 saturated carbocycles. The van der Waals surface area contributed by atoms with Gasteiger partial charge in [-0.1, -0.05) is 12.8 Å². The molecule has 288 valence electrons. The maximum atomic E-state index is 11.9. The van der Waals surface area contributed by atoms with Crippen LogP contribution in [0.3, 0.4) is 0 Å². The van der Waals surface area contributed by atoms with E-state index in [1.165, 1.54) is 37.4 Å². The van der Waals surface area contributed by atoms with Crippen molar-refractivity contribution >= 4 is 31.7 Å². The van der Waals surface area contributed by atoms with E-state index >= 15 is 0 Å². The molecule has 3 atom stereocenters. The fourth-order valence-corrected chi connectivity index (χ4v) is 12.9. The first-order valence-electron chi connectivity index (χ1n) is 19.1. The van der Waals surface area contributed by atoms with E-state index in [2.05, 4.69) is 149 Å². The van der Waals surface area contributed by atoms with E-state index in [0.717, 1.165) is 43.7 Å². The smallest absolute Gasteiger partial charge is 0.0645 e. The Hall–Kier alpha value is 0.0400. The number of hydrogen-bond acceptors (Lipinski definition) is 6. The third-order valence-electron chi connectivity index (χ3n) is 10.7. The molecule has 0 spiro atoms. The van der Waals surface area contributed by atoms with E-state index in [4.69, 9.17) is 4.74 Å². The summed E-state index contributed by atoms with van der Waals surface area (Å²) in [6.45, 7) is 45.0. The van der Waals surface area contributed by atoms with Crippen LogP contribution in [0.4, 0.5) is 0 Å². The molecule has 4 aliphatic rings. The van der Waals surface area contributed by atoms with Gasteiger partial charge in [0.25, 0.3) is 0 Å². The van der Waals surface area contributed by atoms with Crippen molar-refractivity contribution in [1.29, 1.82) is 0 Å². The monoisotopic (exact) mass is 717 g/mol. The first-order valence-corrected chi connectivity index (χ1v) is 22.9. The van der Waals surface area contributed by atoms with Crippen molar-refractivity contribution in [2.45, 2.75) is 177 Å². The van der Waals surface area contributed by atoms with Gasteiger partial charge in [0.05, 0.1) is 13.2 Å². The molecule has 0 aromatic heterocycles. The largest absolute Gasteiger partial charge is 0.378 e. The normalized spacial score (nSPS) is 30.9. The molecule has 8 heteroatoms. The second-order valence-electron chi connectivity index (χ2n) is 18.8. The lowest BCUT2D eigenvalue weighted by Gasteiger charge is -2.47. The molecule has 0 amide bonds. The van der Waals surface area contributed by atoms with Crippen molar-refractivity contribution in [1.82, 2.24) is 19.6 Å². The highest BCUT2D eigenvalue weighted by Crippen LogP contribution is 2.33. The van der Waals surface area contributed by atoms with Crippen LogP contribution in [-0.2, 0) is 14.3 Å². The summed E-state index contributed by atoms with van der Waals surface area (Å²) in [5, 5.41) is 0. The van der Waals surface area contributed by atoms with Crippen LogP contribution < -0.4 is 0 Å². The Morgan fingerprint density at radius 3 is 1.54 bits per heavy atom. The topological polar surface area (TPSA) is 39.3 Å². The molecule has 48 heavy (non-hydrogen) atoms. The molecule has 4 aliphatic heterocycles. The SMILES string of the molecule is C=S1(=O)CCN(C(C)C)C(C)(C)C1.C=S1CCN(C(C)C)C(C)(C)C1.CC(C)N1CCOCC1(C)C.CC1CCN(C(C)C)C(C)(C)C1. The number of hydrogen-bond donors (Lipinski definition) is 0. The molecule has 0 radical (unpaired) electrons. The zero-order valence-corrected chi connectivity index (χ0v) is 36.8. The lowest BCUT2D eigenvalue weighted by atomic mass is 9.83. The minimum absolute atomic E-state index is 0.0469. The molecule has 3 unspecified atom stereocenters. The Labute approximate surface area is 304 Å². The Morgan fingerprint density at radius 2 is 1.15 bits per heavy atom. The summed E-state index contributed by atoms with van der Waals surface area (Å²) >= 11 is 0. The van der Waals surface area contributed by atoms with Gasteiger partial charge < -0.3 is 4.74 Å². The number of likely N-dealkylation sites (tertiary alicyclic amines) is 1. The maximum absolute atomic E-state index is 11.9. The summed E-state index contributed by atoms with van der Waals surface area (Å²) in [4.78, 5) is 10.1. The number of morpholine rings is 1. The third-order valence-corrected chi connectivity index (χ3v) is 14.8. The highest BCUT2D eigenvalue weighted by molar-refractivity contribution is 8.14. The second kappa shape index (κ2) is 18.7. The van der Waals surface area contributed by atoms with E-state index in [-0.39, 0.29) is 11.1 Å². The molecule has 4 saturated heterocycles. The standard InChI is InChI=1S/C11H23N.C10H21NOS.C10H21NS.C9H19NO/c1-9(2)12-7-6-10(3)8-11(12,4)5;1-9(2)11-6-7-13(5,12)8-10(11,3)4;1-9(2)11-6-7-12(5)8-10(11,3)4;1-8(2)10-5-6-11-7-9(10,3)4/h9-10H,6-8H2,1-5H3;9H,5-8H2,1-4H3;9H,5-8H2,1-4H3;8H,5-7H2,1-4H3. The first-order chi connectivity index (χ1) is 21.6. The Morgan fingerprint density at radius 1 is 0.688 bits per heavy atom. The molecule has 0 bridgehead atoms. The van der Waals surface area contributed by atoms with Gasteiger partial charge in [-0.15, -0.1) is 0 Å². The van der Waals surface area contributed by atoms with Crippen molar-refractivity contribution in [2.24, 2.45) is 5.92 Å². The summed E-state index contributed by atoms with van der Waals surface area (Å²) in [7, 11) is -1.39. The number of nitrogens with zero attached hydrogens (tertiary/aromatic N) is 4. The molecular weight excluding hydrogens is 633 g/mol. The zero-order chi connectivity index (χ0) is 37.5. The van der Waals surface area contributed by atoms with Gasteiger partial charge in [-0.25, -0.2) is 0 Å². The van der Waals surface area contributed by atoms with E-state index in [9.17, 15) is 4.21 Å². The van der Waals surface area contributed by atoms with Crippen LogP contribution in [-0.4, -0.2) is 144 Å². The highest BCUT2D eigenvalue weighted by atomic mass is 32.2. The van der Waals surface area contributed by atoms with Crippen LogP contribution in [0.15, 0.2) is 0 Å². The Balaban J connectivity index is 0.000000320. The lowest BCUT2D eigenvalue weighted by Crippen LogP contribution is -2.57. The molecule has 6 nitrogen and oxygen atoms in total. The van der Waals surface area contributed by atoms with Gasteiger partial charge in [-0.2, -0.15) is 10.5 Å². The minimum atomic E-state index is -1.80. The van der Waals surface area contributed by atoms with Crippen molar-refractivity contribution in [3.8, 4) is 0 Å². The van der Waals surface area contributed by atoms with Gasteiger partial charge in [-0.05, 0) is 151 Å². The quantitative estimate of drug-likeness (QED) is 0.277. The third kappa shape index (κ3) is 14.6. The van der Waals surface area contributed by atoms with Crippen molar-refractivity contribution < 1.29 is 8.95 Å². The summed E-state index contributed by atoms with van der Waals surface area (Å²) in [6.07, 6.45) is 2.73. The average Bonchev–Trinajstić information content (AvgIpc) is 2.86. The van der Waals surface area contributed by atoms with Crippen LogP contribution in [0.5, 0.6) is 0 Å². The second-order valence-corrected chi connectivity index (χ2v) is 23.4. The molecular formula is C40H84N4O2S2.